The summed E-state index contributed by atoms with van der Waals surface area (Å²) in [7, 11) is 1.93. The maximum Gasteiger partial charge on any atom is 0.148 e. The molecule has 18 heavy (non-hydrogen) atoms. The Morgan fingerprint density at radius 1 is 1.33 bits per heavy atom. The number of hydrogen-bond acceptors (Lipinski definition) is 3. The highest BCUT2D eigenvalue weighted by molar-refractivity contribution is 5.53. The average molecular weight is 245 g/mol. The lowest BCUT2D eigenvalue weighted by molar-refractivity contribution is 0.632. The van der Waals surface area contributed by atoms with E-state index in [0.717, 1.165) is 18.7 Å². The van der Waals surface area contributed by atoms with E-state index >= 15 is 0 Å². The van der Waals surface area contributed by atoms with Crippen LogP contribution in [0.15, 0.2) is 42.7 Å². The van der Waals surface area contributed by atoms with Crippen LogP contribution in [0.25, 0.3) is 0 Å². The van der Waals surface area contributed by atoms with Crippen LogP contribution in [0.5, 0.6) is 0 Å². The van der Waals surface area contributed by atoms with Gasteiger partial charge in [-0.3, -0.25) is 4.98 Å². The molecule has 0 saturated carbocycles. The lowest BCUT2D eigenvalue weighted by Crippen LogP contribution is -2.20. The summed E-state index contributed by atoms with van der Waals surface area (Å²) in [5.74, 6) is -0.374. The minimum absolute atomic E-state index is 0.180. The molecular weight excluding hydrogens is 229 g/mol. The van der Waals surface area contributed by atoms with Crippen LogP contribution in [0.1, 0.15) is 5.56 Å². The maximum absolute atomic E-state index is 13.3. The smallest absolute Gasteiger partial charge is 0.148 e. The topological polar surface area (TPSA) is 42.2 Å². The minimum Gasteiger partial charge on any atom is -0.396 e. The van der Waals surface area contributed by atoms with E-state index in [4.69, 9.17) is 5.73 Å². The third-order valence-electron chi connectivity index (χ3n) is 2.88. The third kappa shape index (κ3) is 2.97. The van der Waals surface area contributed by atoms with Crippen molar-refractivity contribution < 1.29 is 4.39 Å². The Morgan fingerprint density at radius 2 is 2.17 bits per heavy atom. The fraction of sp³-hybridized carbons (Fsp3) is 0.214. The molecule has 0 spiro atoms. The Kier molecular flexibility index (Phi) is 3.77. The van der Waals surface area contributed by atoms with Crippen LogP contribution in [0.3, 0.4) is 0 Å². The molecule has 0 saturated heterocycles. The average Bonchev–Trinajstić information content (AvgIpc) is 2.40. The highest BCUT2D eigenvalue weighted by Gasteiger charge is 2.05. The lowest BCUT2D eigenvalue weighted by atomic mass is 10.2. The van der Waals surface area contributed by atoms with Crippen molar-refractivity contribution >= 4 is 11.4 Å². The summed E-state index contributed by atoms with van der Waals surface area (Å²) in [6, 6.07) is 8.81. The van der Waals surface area contributed by atoms with Gasteiger partial charge in [0.15, 0.2) is 0 Å². The second-order valence-electron chi connectivity index (χ2n) is 4.24. The zero-order valence-electron chi connectivity index (χ0n) is 10.3. The number of pyridine rings is 1. The number of rotatable bonds is 4. The Morgan fingerprint density at radius 3 is 2.83 bits per heavy atom. The molecule has 0 aliphatic heterocycles. The van der Waals surface area contributed by atoms with Crippen LogP contribution in [0.4, 0.5) is 15.8 Å². The minimum atomic E-state index is -0.374. The monoisotopic (exact) mass is 245 g/mol. The molecule has 0 aliphatic carbocycles. The number of anilines is 2. The molecule has 0 fully saturated rings. The first-order valence-corrected chi connectivity index (χ1v) is 5.82. The van der Waals surface area contributed by atoms with Crippen molar-refractivity contribution in [3.05, 3.63) is 54.1 Å². The normalized spacial score (nSPS) is 10.3. The molecule has 4 heteroatoms. The van der Waals surface area contributed by atoms with Crippen molar-refractivity contribution in [2.45, 2.75) is 6.42 Å². The first-order chi connectivity index (χ1) is 8.66. The predicted molar refractivity (Wildman–Crippen MR) is 72.0 cm³/mol. The molecule has 2 N–H and O–H groups in total. The molecule has 1 aromatic heterocycles. The van der Waals surface area contributed by atoms with Crippen LogP contribution in [-0.2, 0) is 6.42 Å². The molecule has 1 heterocycles. The summed E-state index contributed by atoms with van der Waals surface area (Å²) in [4.78, 5) is 6.06. The van der Waals surface area contributed by atoms with Crippen LogP contribution in [-0.4, -0.2) is 18.6 Å². The number of nitrogens with zero attached hydrogens (tertiary/aromatic N) is 2. The van der Waals surface area contributed by atoms with Gasteiger partial charge in [-0.1, -0.05) is 6.07 Å². The maximum atomic E-state index is 13.3. The van der Waals surface area contributed by atoms with Gasteiger partial charge in [0.25, 0.3) is 0 Å². The number of aromatic nitrogens is 1. The van der Waals surface area contributed by atoms with Gasteiger partial charge in [-0.25, -0.2) is 4.39 Å². The summed E-state index contributed by atoms with van der Waals surface area (Å²) < 4.78 is 13.3. The molecule has 3 nitrogen and oxygen atoms in total. The Hall–Kier alpha value is -2.10. The van der Waals surface area contributed by atoms with Crippen molar-refractivity contribution in [2.24, 2.45) is 0 Å². The Balaban J connectivity index is 1.99. The van der Waals surface area contributed by atoms with E-state index in [-0.39, 0.29) is 11.5 Å². The van der Waals surface area contributed by atoms with E-state index in [1.807, 2.05) is 36.3 Å². The molecule has 0 unspecified atom stereocenters. The van der Waals surface area contributed by atoms with Crippen molar-refractivity contribution in [3.8, 4) is 0 Å². The quantitative estimate of drug-likeness (QED) is 0.841. The zero-order chi connectivity index (χ0) is 13.0. The predicted octanol–water partition coefficient (Wildman–Crippen LogP) is 2.48. The Bertz CT molecular complexity index is 514. The van der Waals surface area contributed by atoms with Gasteiger partial charge >= 0.3 is 0 Å². The van der Waals surface area contributed by atoms with E-state index in [1.165, 1.54) is 11.6 Å². The van der Waals surface area contributed by atoms with Gasteiger partial charge in [0.05, 0.1) is 5.69 Å². The van der Waals surface area contributed by atoms with Crippen molar-refractivity contribution in [2.75, 3.05) is 24.2 Å². The van der Waals surface area contributed by atoms with Gasteiger partial charge in [0, 0.05) is 31.7 Å². The number of benzene rings is 1. The summed E-state index contributed by atoms with van der Waals surface area (Å²) >= 11 is 0. The number of halogens is 1. The number of hydrogen-bond donors (Lipinski definition) is 1. The SMILES string of the molecule is CN(CCc1cccnc1)c1ccc(N)c(F)c1. The molecule has 0 radical (unpaired) electrons. The van der Waals surface area contributed by atoms with Crippen LogP contribution in [0.2, 0.25) is 0 Å². The van der Waals surface area contributed by atoms with E-state index in [9.17, 15) is 4.39 Å². The second-order valence-corrected chi connectivity index (χ2v) is 4.24. The molecule has 2 aromatic rings. The zero-order valence-corrected chi connectivity index (χ0v) is 10.3. The molecule has 1 aromatic carbocycles. The summed E-state index contributed by atoms with van der Waals surface area (Å²) in [6.07, 6.45) is 4.47. The number of nitrogen functional groups attached to an aromatic ring is 1. The molecule has 94 valence electrons. The van der Waals surface area contributed by atoms with Crippen molar-refractivity contribution in [1.29, 1.82) is 0 Å². The van der Waals surface area contributed by atoms with E-state index < -0.39 is 0 Å². The van der Waals surface area contributed by atoms with E-state index in [0.29, 0.717) is 0 Å². The van der Waals surface area contributed by atoms with Gasteiger partial charge in [0.1, 0.15) is 5.82 Å². The van der Waals surface area contributed by atoms with Gasteiger partial charge in [0.2, 0.25) is 0 Å². The third-order valence-corrected chi connectivity index (χ3v) is 2.88. The summed E-state index contributed by atoms with van der Waals surface area (Å²) in [5, 5.41) is 0. The van der Waals surface area contributed by atoms with Crippen LogP contribution in [0, 0.1) is 5.82 Å². The highest BCUT2D eigenvalue weighted by atomic mass is 19.1. The second kappa shape index (κ2) is 5.49. The molecule has 0 atom stereocenters. The van der Waals surface area contributed by atoms with Crippen LogP contribution < -0.4 is 10.6 Å². The number of nitrogens with two attached hydrogens (primary N) is 1. The van der Waals surface area contributed by atoms with E-state index in [2.05, 4.69) is 4.98 Å². The van der Waals surface area contributed by atoms with Gasteiger partial charge < -0.3 is 10.6 Å². The molecule has 0 amide bonds. The molecular formula is C14H16FN3. The fourth-order valence-electron chi connectivity index (χ4n) is 1.73. The molecule has 0 aliphatic rings. The van der Waals surface area contributed by atoms with Crippen molar-refractivity contribution in [1.82, 2.24) is 4.98 Å². The first-order valence-electron chi connectivity index (χ1n) is 5.82. The fourth-order valence-corrected chi connectivity index (χ4v) is 1.73. The van der Waals surface area contributed by atoms with E-state index in [1.54, 1.807) is 12.3 Å². The molecule has 2 rings (SSSR count). The van der Waals surface area contributed by atoms with Crippen molar-refractivity contribution in [3.63, 3.8) is 0 Å². The lowest BCUT2D eigenvalue weighted by Gasteiger charge is -2.19. The van der Waals surface area contributed by atoms with Crippen LogP contribution >= 0.6 is 0 Å². The number of likely N-dealkylation sites (N-methyl/N-ethyl adjacent to an activating group) is 1. The summed E-state index contributed by atoms with van der Waals surface area (Å²) in [6.45, 7) is 0.801. The van der Waals surface area contributed by atoms with Gasteiger partial charge in [-0.05, 0) is 36.2 Å². The highest BCUT2D eigenvalue weighted by Crippen LogP contribution is 2.19. The van der Waals surface area contributed by atoms with Gasteiger partial charge in [-0.2, -0.15) is 0 Å². The standard InChI is InChI=1S/C14H16FN3/c1-18(8-6-11-3-2-7-17-10-11)12-4-5-14(16)13(15)9-12/h2-5,7,9-10H,6,8,16H2,1H3. The first kappa shape index (κ1) is 12.4. The molecule has 0 bridgehead atoms. The van der Waals surface area contributed by atoms with Gasteiger partial charge in [-0.15, -0.1) is 0 Å². The Labute approximate surface area is 106 Å². The largest absolute Gasteiger partial charge is 0.396 e. The summed E-state index contributed by atoms with van der Waals surface area (Å²) in [5.41, 5.74) is 7.62.